The highest BCUT2D eigenvalue weighted by Gasteiger charge is 2.27. The normalized spacial score (nSPS) is 13.1. The molecule has 2 N–H and O–H groups in total. The highest BCUT2D eigenvalue weighted by molar-refractivity contribution is 5.41. The molecule has 0 aromatic heterocycles. The van der Waals surface area contributed by atoms with Crippen molar-refractivity contribution >= 4 is 11.4 Å². The Balaban J connectivity index is 1.92. The third-order valence-corrected chi connectivity index (χ3v) is 4.79. The van der Waals surface area contributed by atoms with E-state index in [0.717, 1.165) is 24.1 Å². The fraction of sp³-hybridized carbons (Fsp3) is 0.182. The van der Waals surface area contributed by atoms with Gasteiger partial charge in [-0.1, -0.05) is 61.5 Å². The zero-order valence-corrected chi connectivity index (χ0v) is 14.8. The largest absolute Gasteiger partial charge is 0.399 e. The number of hydrogen-bond acceptors (Lipinski definition) is 3. The Labute approximate surface area is 153 Å². The van der Waals surface area contributed by atoms with Crippen LogP contribution < -0.4 is 5.73 Å². The van der Waals surface area contributed by atoms with E-state index in [1.54, 1.807) is 12.1 Å². The lowest BCUT2D eigenvalue weighted by Crippen LogP contribution is -2.28. The number of hydrogen-bond donors (Lipinski definition) is 1. The Bertz CT molecular complexity index is 874. The predicted molar refractivity (Wildman–Crippen MR) is 105 cm³/mol. The number of nitrogens with two attached hydrogens (primary N) is 1. The van der Waals surface area contributed by atoms with Crippen LogP contribution >= 0.6 is 0 Å². The van der Waals surface area contributed by atoms with E-state index < -0.39 is 0 Å². The Morgan fingerprint density at radius 3 is 1.85 bits per heavy atom. The van der Waals surface area contributed by atoms with Gasteiger partial charge in [-0.15, -0.1) is 0 Å². The third kappa shape index (κ3) is 4.09. The molecule has 4 heteroatoms. The van der Waals surface area contributed by atoms with Crippen LogP contribution in [-0.2, 0) is 18.3 Å². The van der Waals surface area contributed by atoms with Gasteiger partial charge in [-0.3, -0.25) is 10.1 Å². The van der Waals surface area contributed by atoms with Crippen LogP contribution in [0.5, 0.6) is 0 Å². The van der Waals surface area contributed by atoms with Gasteiger partial charge in [0.25, 0.3) is 5.69 Å². The fourth-order valence-electron chi connectivity index (χ4n) is 3.38. The summed E-state index contributed by atoms with van der Waals surface area (Å²) >= 11 is 0. The zero-order chi connectivity index (χ0) is 18.6. The average Bonchev–Trinajstić information content (AvgIpc) is 2.65. The molecule has 132 valence electrons. The molecule has 0 amide bonds. The monoisotopic (exact) mass is 346 g/mol. The molecule has 3 rings (SSSR count). The molecule has 0 aliphatic rings. The highest BCUT2D eigenvalue weighted by Crippen LogP contribution is 2.33. The summed E-state index contributed by atoms with van der Waals surface area (Å²) in [6.07, 6.45) is 1.65. The maximum absolute atomic E-state index is 10.9. The molecule has 0 spiro atoms. The van der Waals surface area contributed by atoms with Crippen LogP contribution in [0.25, 0.3) is 0 Å². The molecule has 0 saturated carbocycles. The van der Waals surface area contributed by atoms with Crippen molar-refractivity contribution in [2.24, 2.45) is 0 Å². The second-order valence-electron chi connectivity index (χ2n) is 6.95. The molecule has 0 heterocycles. The summed E-state index contributed by atoms with van der Waals surface area (Å²) in [6.45, 7) is 2.24. The lowest BCUT2D eigenvalue weighted by molar-refractivity contribution is -0.384. The van der Waals surface area contributed by atoms with E-state index in [-0.39, 0.29) is 16.0 Å². The van der Waals surface area contributed by atoms with Crippen LogP contribution in [0, 0.1) is 10.1 Å². The van der Waals surface area contributed by atoms with Crippen LogP contribution in [0.4, 0.5) is 11.4 Å². The lowest BCUT2D eigenvalue weighted by Gasteiger charge is -2.31. The topological polar surface area (TPSA) is 69.2 Å². The summed E-state index contributed by atoms with van der Waals surface area (Å²) in [5.74, 6) is 0. The van der Waals surface area contributed by atoms with Crippen molar-refractivity contribution in [3.05, 3.63) is 106 Å². The second kappa shape index (κ2) is 7.40. The van der Waals surface area contributed by atoms with Gasteiger partial charge in [-0.2, -0.15) is 0 Å². The van der Waals surface area contributed by atoms with Gasteiger partial charge < -0.3 is 5.73 Å². The maximum Gasteiger partial charge on any atom is 0.269 e. The van der Waals surface area contributed by atoms with Gasteiger partial charge >= 0.3 is 0 Å². The number of nitrogens with zero attached hydrogens (tertiary/aromatic N) is 1. The molecule has 26 heavy (non-hydrogen) atoms. The number of benzene rings is 3. The van der Waals surface area contributed by atoms with Crippen LogP contribution in [0.3, 0.4) is 0 Å². The quantitative estimate of drug-likeness (QED) is 0.391. The minimum atomic E-state index is -0.367. The molecule has 0 aliphatic carbocycles. The summed E-state index contributed by atoms with van der Waals surface area (Å²) in [5, 5.41) is 10.9. The lowest BCUT2D eigenvalue weighted by atomic mass is 9.73. The van der Waals surface area contributed by atoms with E-state index >= 15 is 0 Å². The minimum absolute atomic E-state index is 0.119. The molecule has 0 fully saturated rings. The van der Waals surface area contributed by atoms with Crippen LogP contribution in [-0.4, -0.2) is 4.92 Å². The predicted octanol–water partition coefficient (Wildman–Crippen LogP) is 4.92. The van der Waals surface area contributed by atoms with E-state index in [2.05, 4.69) is 31.2 Å². The first-order valence-electron chi connectivity index (χ1n) is 8.60. The Morgan fingerprint density at radius 2 is 1.35 bits per heavy atom. The highest BCUT2D eigenvalue weighted by atomic mass is 16.6. The molecule has 0 saturated heterocycles. The van der Waals surface area contributed by atoms with Gasteiger partial charge in [-0.25, -0.2) is 0 Å². The van der Waals surface area contributed by atoms with Crippen molar-refractivity contribution in [1.29, 1.82) is 0 Å². The molecule has 3 aromatic rings. The molecule has 4 nitrogen and oxygen atoms in total. The summed E-state index contributed by atoms with van der Waals surface area (Å²) in [7, 11) is 0. The van der Waals surface area contributed by atoms with Crippen LogP contribution in [0.15, 0.2) is 78.9 Å². The summed E-state index contributed by atoms with van der Waals surface area (Å²) in [5.41, 5.74) is 10.1. The Hall–Kier alpha value is -3.14. The van der Waals surface area contributed by atoms with Crippen molar-refractivity contribution in [1.82, 2.24) is 0 Å². The van der Waals surface area contributed by atoms with Crippen LogP contribution in [0.2, 0.25) is 0 Å². The molecule has 3 aromatic carbocycles. The van der Waals surface area contributed by atoms with Crippen molar-refractivity contribution in [3.63, 3.8) is 0 Å². The first-order valence-corrected chi connectivity index (χ1v) is 8.60. The van der Waals surface area contributed by atoms with Gasteiger partial charge in [0, 0.05) is 23.2 Å². The number of rotatable bonds is 6. The molecule has 1 atom stereocenters. The van der Waals surface area contributed by atoms with Crippen molar-refractivity contribution < 1.29 is 4.92 Å². The zero-order valence-electron chi connectivity index (χ0n) is 14.8. The van der Waals surface area contributed by atoms with E-state index in [0.29, 0.717) is 0 Å². The maximum atomic E-state index is 10.9. The Kier molecular flexibility index (Phi) is 5.03. The molecule has 0 aliphatic heterocycles. The number of nitro groups is 1. The first-order chi connectivity index (χ1) is 12.5. The fourth-order valence-corrected chi connectivity index (χ4v) is 3.38. The van der Waals surface area contributed by atoms with Crippen molar-refractivity contribution in [3.8, 4) is 0 Å². The van der Waals surface area contributed by atoms with Gasteiger partial charge in [0.15, 0.2) is 0 Å². The van der Waals surface area contributed by atoms with Gasteiger partial charge in [0.2, 0.25) is 0 Å². The first kappa shape index (κ1) is 17.7. The number of nitrogen functional groups attached to an aromatic ring is 1. The van der Waals surface area contributed by atoms with Crippen LogP contribution in [0.1, 0.15) is 23.6 Å². The van der Waals surface area contributed by atoms with Gasteiger partial charge in [-0.05, 0) is 41.7 Å². The Morgan fingerprint density at radius 1 is 0.846 bits per heavy atom. The van der Waals surface area contributed by atoms with Gasteiger partial charge in [0.1, 0.15) is 0 Å². The van der Waals surface area contributed by atoms with Gasteiger partial charge in [0.05, 0.1) is 4.92 Å². The SMILES string of the molecule is CC(Cc1ccc(N)cc1)(Cc1ccc([N+](=O)[O-])cc1)c1ccccc1. The summed E-state index contributed by atoms with van der Waals surface area (Å²) in [4.78, 5) is 10.5. The third-order valence-electron chi connectivity index (χ3n) is 4.79. The van der Waals surface area contributed by atoms with E-state index in [4.69, 9.17) is 5.73 Å². The second-order valence-corrected chi connectivity index (χ2v) is 6.95. The molecule has 0 radical (unpaired) electrons. The van der Waals surface area contributed by atoms with Crippen molar-refractivity contribution in [2.75, 3.05) is 5.73 Å². The molecule has 1 unspecified atom stereocenters. The number of nitro benzene ring substituents is 1. The minimum Gasteiger partial charge on any atom is -0.399 e. The summed E-state index contributed by atoms with van der Waals surface area (Å²) < 4.78 is 0. The number of anilines is 1. The van der Waals surface area contributed by atoms with E-state index in [9.17, 15) is 10.1 Å². The molecular formula is C22H22N2O2. The standard InChI is InChI=1S/C22H22N2O2/c1-22(19-5-3-2-4-6-19,15-17-7-11-20(23)12-8-17)16-18-9-13-21(14-10-18)24(25)26/h2-14H,15-16,23H2,1H3. The van der Waals surface area contributed by atoms with E-state index in [1.165, 1.54) is 11.1 Å². The average molecular weight is 346 g/mol. The molecule has 0 bridgehead atoms. The van der Waals surface area contributed by atoms with Crippen molar-refractivity contribution in [2.45, 2.75) is 25.2 Å². The van der Waals surface area contributed by atoms with E-state index in [1.807, 2.05) is 42.5 Å². The molecular weight excluding hydrogens is 324 g/mol. The smallest absolute Gasteiger partial charge is 0.269 e. The summed E-state index contributed by atoms with van der Waals surface area (Å²) in [6, 6.07) is 25.2. The number of non-ortho nitro benzene ring substituents is 1.